The van der Waals surface area contributed by atoms with Gasteiger partial charge < -0.3 is 4.74 Å². The molecule has 0 N–H and O–H groups in total. The highest BCUT2D eigenvalue weighted by molar-refractivity contribution is 9.10. The van der Waals surface area contributed by atoms with E-state index in [1.807, 2.05) is 0 Å². The number of aldehydes is 1. The second-order valence-corrected chi connectivity index (χ2v) is 5.02. The summed E-state index contributed by atoms with van der Waals surface area (Å²) in [5.41, 5.74) is 0.474. The molecule has 0 atom stereocenters. The summed E-state index contributed by atoms with van der Waals surface area (Å²) in [4.78, 5) is 14.5. The first-order valence-corrected chi connectivity index (χ1v) is 6.38. The number of carbonyl (C=O) groups is 1. The van der Waals surface area contributed by atoms with E-state index in [1.165, 1.54) is 6.20 Å². The first-order valence-electron chi connectivity index (χ1n) is 4.84. The number of ether oxygens (including phenoxy) is 1. The van der Waals surface area contributed by atoms with Gasteiger partial charge in [0, 0.05) is 28.4 Å². The van der Waals surface area contributed by atoms with Gasteiger partial charge >= 0.3 is 0 Å². The van der Waals surface area contributed by atoms with Gasteiger partial charge in [-0.15, -0.1) is 0 Å². The molecule has 1 aromatic heterocycles. The van der Waals surface area contributed by atoms with Crippen LogP contribution >= 0.6 is 39.1 Å². The predicted octanol–water partition coefficient (Wildman–Crippen LogP) is 4.76. The number of aromatic nitrogens is 1. The monoisotopic (exact) mass is 345 g/mol. The van der Waals surface area contributed by atoms with Crippen LogP contribution in [0, 0.1) is 0 Å². The van der Waals surface area contributed by atoms with Crippen molar-refractivity contribution in [3.63, 3.8) is 0 Å². The Labute approximate surface area is 122 Å². The van der Waals surface area contributed by atoms with E-state index in [9.17, 15) is 4.79 Å². The molecular formula is C12H6BrCl2NO2. The minimum atomic E-state index is 0.334. The molecule has 2 rings (SSSR count). The van der Waals surface area contributed by atoms with Gasteiger partial charge in [-0.05, 0) is 28.1 Å². The van der Waals surface area contributed by atoms with E-state index in [0.29, 0.717) is 38.0 Å². The van der Waals surface area contributed by atoms with Crippen LogP contribution < -0.4 is 4.74 Å². The average molecular weight is 347 g/mol. The minimum absolute atomic E-state index is 0.334. The fourth-order valence-electron chi connectivity index (χ4n) is 1.22. The summed E-state index contributed by atoms with van der Waals surface area (Å²) in [6.07, 6.45) is 2.12. The quantitative estimate of drug-likeness (QED) is 0.594. The van der Waals surface area contributed by atoms with Gasteiger partial charge in [0.05, 0.1) is 10.0 Å². The smallest absolute Gasteiger partial charge is 0.219 e. The highest BCUT2D eigenvalue weighted by atomic mass is 79.9. The molecule has 0 amide bonds. The zero-order valence-corrected chi connectivity index (χ0v) is 12.0. The van der Waals surface area contributed by atoms with Gasteiger partial charge in [-0.2, -0.15) is 0 Å². The van der Waals surface area contributed by atoms with E-state index < -0.39 is 0 Å². The van der Waals surface area contributed by atoms with E-state index in [-0.39, 0.29) is 0 Å². The molecule has 0 aliphatic rings. The van der Waals surface area contributed by atoms with Crippen LogP contribution in [-0.4, -0.2) is 11.3 Å². The van der Waals surface area contributed by atoms with Crippen LogP contribution in [0.1, 0.15) is 10.4 Å². The second-order valence-electron chi connectivity index (χ2n) is 3.35. The maximum Gasteiger partial charge on any atom is 0.219 e. The summed E-state index contributed by atoms with van der Waals surface area (Å²) in [6.45, 7) is 0. The van der Waals surface area contributed by atoms with Gasteiger partial charge in [-0.3, -0.25) is 4.79 Å². The SMILES string of the molecule is O=Cc1ccc(Oc2cc(Cl)c(Br)cc2Cl)nc1. The summed E-state index contributed by atoms with van der Waals surface area (Å²) in [6, 6.07) is 6.40. The van der Waals surface area contributed by atoms with Crippen molar-refractivity contribution >= 4 is 45.4 Å². The Morgan fingerprint density at radius 3 is 2.61 bits per heavy atom. The highest BCUT2D eigenvalue weighted by Crippen LogP contribution is 2.35. The predicted molar refractivity (Wildman–Crippen MR) is 73.9 cm³/mol. The molecule has 0 fully saturated rings. The molecule has 2 aromatic rings. The van der Waals surface area contributed by atoms with Gasteiger partial charge in [0.1, 0.15) is 5.75 Å². The summed E-state index contributed by atoms with van der Waals surface area (Å²) in [7, 11) is 0. The van der Waals surface area contributed by atoms with E-state index in [0.717, 1.165) is 0 Å². The molecule has 92 valence electrons. The molecule has 1 aromatic carbocycles. The van der Waals surface area contributed by atoms with Crippen LogP contribution in [0.3, 0.4) is 0 Å². The molecule has 0 unspecified atom stereocenters. The molecule has 3 nitrogen and oxygen atoms in total. The number of pyridine rings is 1. The van der Waals surface area contributed by atoms with Gasteiger partial charge in [0.15, 0.2) is 6.29 Å². The first kappa shape index (κ1) is 13.3. The molecule has 0 aliphatic heterocycles. The van der Waals surface area contributed by atoms with Gasteiger partial charge in [-0.25, -0.2) is 4.98 Å². The lowest BCUT2D eigenvalue weighted by atomic mass is 10.3. The van der Waals surface area contributed by atoms with Crippen molar-refractivity contribution in [3.05, 3.63) is 50.5 Å². The van der Waals surface area contributed by atoms with Gasteiger partial charge in [0.25, 0.3) is 0 Å². The number of rotatable bonds is 3. The average Bonchev–Trinajstić information content (AvgIpc) is 2.37. The van der Waals surface area contributed by atoms with Crippen molar-refractivity contribution < 1.29 is 9.53 Å². The van der Waals surface area contributed by atoms with Crippen molar-refractivity contribution in [1.29, 1.82) is 0 Å². The van der Waals surface area contributed by atoms with E-state index in [2.05, 4.69) is 20.9 Å². The zero-order valence-electron chi connectivity index (χ0n) is 8.86. The Morgan fingerprint density at radius 1 is 1.22 bits per heavy atom. The lowest BCUT2D eigenvalue weighted by Gasteiger charge is -2.08. The Balaban J connectivity index is 2.27. The molecule has 6 heteroatoms. The maximum atomic E-state index is 10.5. The van der Waals surface area contributed by atoms with Gasteiger partial charge in [0.2, 0.25) is 5.88 Å². The number of halogens is 3. The largest absolute Gasteiger partial charge is 0.437 e. The summed E-state index contributed by atoms with van der Waals surface area (Å²) in [5.74, 6) is 0.733. The number of benzene rings is 1. The maximum absolute atomic E-state index is 10.5. The summed E-state index contributed by atoms with van der Waals surface area (Å²) in [5, 5.41) is 0.895. The Hall–Kier alpha value is -1.10. The fraction of sp³-hybridized carbons (Fsp3) is 0. The molecule has 1 heterocycles. The number of hydrogen-bond acceptors (Lipinski definition) is 3. The third kappa shape index (κ3) is 3.02. The molecule has 0 spiro atoms. The highest BCUT2D eigenvalue weighted by Gasteiger charge is 2.08. The molecule has 0 radical (unpaired) electrons. The van der Waals surface area contributed by atoms with Crippen LogP contribution in [0.4, 0.5) is 0 Å². The number of hydrogen-bond donors (Lipinski definition) is 0. The van der Waals surface area contributed by atoms with Crippen molar-refractivity contribution in [2.75, 3.05) is 0 Å². The standard InChI is InChI=1S/C12H6BrCl2NO2/c13-8-3-10(15)11(4-9(8)14)18-12-2-1-7(6-17)5-16-12/h1-6H. The van der Waals surface area contributed by atoms with Crippen LogP contribution in [0.5, 0.6) is 11.6 Å². The second kappa shape index (κ2) is 5.69. The molecular weight excluding hydrogens is 341 g/mol. The first-order chi connectivity index (χ1) is 8.60. The number of carbonyl (C=O) groups excluding carboxylic acids is 1. The molecule has 18 heavy (non-hydrogen) atoms. The molecule has 0 aliphatic carbocycles. The number of nitrogens with zero attached hydrogens (tertiary/aromatic N) is 1. The van der Waals surface area contributed by atoms with E-state index in [4.69, 9.17) is 27.9 Å². The van der Waals surface area contributed by atoms with E-state index >= 15 is 0 Å². The lowest BCUT2D eigenvalue weighted by Crippen LogP contribution is -1.90. The van der Waals surface area contributed by atoms with Crippen molar-refractivity contribution in [1.82, 2.24) is 4.98 Å². The topological polar surface area (TPSA) is 39.2 Å². The summed E-state index contributed by atoms with van der Waals surface area (Å²) < 4.78 is 6.17. The fourth-order valence-corrected chi connectivity index (χ4v) is 2.05. The normalized spacial score (nSPS) is 10.2. The third-order valence-electron chi connectivity index (χ3n) is 2.08. The van der Waals surface area contributed by atoms with Crippen LogP contribution in [0.2, 0.25) is 10.0 Å². The van der Waals surface area contributed by atoms with Crippen LogP contribution in [0.15, 0.2) is 34.9 Å². The molecule has 0 bridgehead atoms. The minimum Gasteiger partial charge on any atom is -0.437 e. The molecule has 0 saturated carbocycles. The van der Waals surface area contributed by atoms with Crippen molar-refractivity contribution in [2.24, 2.45) is 0 Å². The van der Waals surface area contributed by atoms with Crippen LogP contribution in [0.25, 0.3) is 0 Å². The van der Waals surface area contributed by atoms with Gasteiger partial charge in [-0.1, -0.05) is 23.2 Å². The Morgan fingerprint density at radius 2 is 2.00 bits per heavy atom. The Bertz CT molecular complexity index is 587. The van der Waals surface area contributed by atoms with E-state index in [1.54, 1.807) is 24.3 Å². The zero-order chi connectivity index (χ0) is 13.1. The Kier molecular flexibility index (Phi) is 4.22. The lowest BCUT2D eigenvalue weighted by molar-refractivity contribution is 0.112. The van der Waals surface area contributed by atoms with Crippen molar-refractivity contribution in [2.45, 2.75) is 0 Å². The van der Waals surface area contributed by atoms with Crippen LogP contribution in [-0.2, 0) is 0 Å². The van der Waals surface area contributed by atoms with Crippen molar-refractivity contribution in [3.8, 4) is 11.6 Å². The third-order valence-corrected chi connectivity index (χ3v) is 3.58. The molecule has 0 saturated heterocycles. The summed E-state index contributed by atoms with van der Waals surface area (Å²) >= 11 is 15.2.